The van der Waals surface area contributed by atoms with Crippen molar-refractivity contribution in [2.75, 3.05) is 17.3 Å². The van der Waals surface area contributed by atoms with Crippen molar-refractivity contribution in [1.82, 2.24) is 0 Å². The van der Waals surface area contributed by atoms with E-state index in [1.165, 1.54) is 83.5 Å². The summed E-state index contributed by atoms with van der Waals surface area (Å²) in [5.74, 6) is 7.81. The number of hydrogen-bond donors (Lipinski definition) is 0. The number of carbonyl (C=O) groups excluding carboxylic acids is 3. The van der Waals surface area contributed by atoms with Crippen molar-refractivity contribution in [3.8, 4) is 0 Å². The summed E-state index contributed by atoms with van der Waals surface area (Å²) < 4.78 is 21.1. The zero-order valence-electron chi connectivity index (χ0n) is 68.1. The molecule has 6 nitrogen and oxygen atoms in total. The van der Waals surface area contributed by atoms with E-state index < -0.39 is 33.9 Å². The fourth-order valence-corrected chi connectivity index (χ4v) is 26.1. The predicted octanol–water partition coefficient (Wildman–Crippen LogP) is 29.6. The predicted molar refractivity (Wildman–Crippen MR) is 435 cm³/mol. The van der Waals surface area contributed by atoms with Crippen molar-refractivity contribution in [3.63, 3.8) is 0 Å². The van der Waals surface area contributed by atoms with E-state index in [0.29, 0.717) is 57.7 Å². The molecule has 0 amide bonds. The van der Waals surface area contributed by atoms with E-state index in [4.69, 9.17) is 9.22 Å². The second-order valence-electron chi connectivity index (χ2n) is 34.6. The maximum atomic E-state index is 16.9. The normalized spacial score (nSPS) is 12.9. The van der Waals surface area contributed by atoms with Crippen LogP contribution in [0.1, 0.15) is 440 Å². The van der Waals surface area contributed by atoms with E-state index in [-0.39, 0.29) is 17.9 Å². The van der Waals surface area contributed by atoms with Crippen LogP contribution in [0.25, 0.3) is 0 Å². The van der Waals surface area contributed by atoms with Gasteiger partial charge in [-0.05, 0) is 0 Å². The summed E-state index contributed by atoms with van der Waals surface area (Å²) in [4.78, 5) is 50.8. The molecule has 0 saturated heterocycles. The summed E-state index contributed by atoms with van der Waals surface area (Å²) in [5, 5.41) is 0. The molecule has 0 aromatic heterocycles. The van der Waals surface area contributed by atoms with Crippen LogP contribution in [-0.4, -0.2) is 69.0 Å². The third kappa shape index (κ3) is 51.4. The quantitative estimate of drug-likeness (QED) is 0.0437. The van der Waals surface area contributed by atoms with Crippen LogP contribution in [0.2, 0.25) is 4.44 Å². The first-order chi connectivity index (χ1) is 45.7. The van der Waals surface area contributed by atoms with Crippen LogP contribution in [0.3, 0.4) is 0 Å². The SMILES string of the molecule is CCCCCCC[CH2][Sn]([O]C(=O)C(CCCCCC(C)C)(CCCCCC(C)C)SCCCCCC(C)C)([O]C(=O)C(CCCCCC(C)C)(CCCCCC(C)C)SCCCCCC(C)C)[O]C(=O)C(CCCCCC(C)C)(CCCCCC(C)C)SCCCCCC(C)C. The van der Waals surface area contributed by atoms with Gasteiger partial charge < -0.3 is 0 Å². The molecule has 10 heteroatoms. The molecule has 0 heterocycles. The van der Waals surface area contributed by atoms with Gasteiger partial charge in [-0.25, -0.2) is 0 Å². The third-order valence-electron chi connectivity index (χ3n) is 20.3. The molecule has 0 saturated carbocycles. The van der Waals surface area contributed by atoms with Gasteiger partial charge in [0, 0.05) is 0 Å². The molecule has 0 unspecified atom stereocenters. The number of rotatable bonds is 70. The molecule has 0 spiro atoms. The molecule has 96 heavy (non-hydrogen) atoms. The Bertz CT molecular complexity index is 1550. The van der Waals surface area contributed by atoms with Crippen LogP contribution in [0.5, 0.6) is 0 Å². The van der Waals surface area contributed by atoms with E-state index in [1.54, 1.807) is 0 Å². The second kappa shape index (κ2) is 60.5. The van der Waals surface area contributed by atoms with Gasteiger partial charge in [-0.15, -0.1) is 0 Å². The van der Waals surface area contributed by atoms with Gasteiger partial charge in [0.25, 0.3) is 0 Å². The molecule has 0 aliphatic heterocycles. The Labute approximate surface area is 620 Å². The minimum absolute atomic E-state index is 0.221. The third-order valence-corrected chi connectivity index (χ3v) is 32.2. The summed E-state index contributed by atoms with van der Waals surface area (Å²) in [6.45, 7) is 44.2. The van der Waals surface area contributed by atoms with Gasteiger partial charge in [0.2, 0.25) is 0 Å². The molecule has 0 fully saturated rings. The molecule has 0 aromatic carbocycles. The molecule has 0 atom stereocenters. The first kappa shape index (κ1) is 96.3. The van der Waals surface area contributed by atoms with E-state index in [2.05, 4.69) is 132 Å². The topological polar surface area (TPSA) is 78.9 Å². The monoisotopic (exact) mass is 1520 g/mol. The van der Waals surface area contributed by atoms with Gasteiger partial charge in [-0.3, -0.25) is 0 Å². The summed E-state index contributed by atoms with van der Waals surface area (Å²) in [5.41, 5.74) is 0. The Balaban J connectivity index is 9.22. The van der Waals surface area contributed by atoms with Gasteiger partial charge in [-0.2, -0.15) is 0 Å². The maximum absolute atomic E-state index is 16.9. The van der Waals surface area contributed by atoms with Crippen molar-refractivity contribution in [1.29, 1.82) is 0 Å². The molecule has 572 valence electrons. The minimum atomic E-state index is -5.83. The van der Waals surface area contributed by atoms with Crippen LogP contribution >= 0.6 is 35.3 Å². The molecule has 0 bridgehead atoms. The zero-order chi connectivity index (χ0) is 71.9. The molecule has 0 aliphatic carbocycles. The van der Waals surface area contributed by atoms with Crippen LogP contribution in [0.4, 0.5) is 0 Å². The van der Waals surface area contributed by atoms with Crippen molar-refractivity contribution in [2.24, 2.45) is 53.3 Å². The van der Waals surface area contributed by atoms with Crippen molar-refractivity contribution < 1.29 is 23.6 Å². The van der Waals surface area contributed by atoms with Gasteiger partial charge in [-0.1, -0.05) is 0 Å². The van der Waals surface area contributed by atoms with Crippen LogP contribution in [-0.2, 0) is 23.6 Å². The van der Waals surface area contributed by atoms with E-state index in [0.717, 1.165) is 242 Å². The van der Waals surface area contributed by atoms with Gasteiger partial charge >= 0.3 is 625 Å². The van der Waals surface area contributed by atoms with Gasteiger partial charge in [0.05, 0.1) is 0 Å². The Morgan fingerprint density at radius 3 is 0.625 bits per heavy atom. The van der Waals surface area contributed by atoms with Gasteiger partial charge in [0.1, 0.15) is 0 Å². The van der Waals surface area contributed by atoms with Gasteiger partial charge in [0.15, 0.2) is 0 Å². The van der Waals surface area contributed by atoms with E-state index in [9.17, 15) is 0 Å². The fraction of sp³-hybridized carbons (Fsp3) is 0.965. The Morgan fingerprint density at radius 2 is 0.427 bits per heavy atom. The van der Waals surface area contributed by atoms with E-state index in [1.807, 2.05) is 35.3 Å². The second-order valence-corrected chi connectivity index (χ2v) is 46.1. The van der Waals surface area contributed by atoms with Crippen molar-refractivity contribution in [2.45, 2.75) is 458 Å². The average Bonchev–Trinajstić information content (AvgIpc) is 0.785. The van der Waals surface area contributed by atoms with Crippen molar-refractivity contribution in [3.05, 3.63) is 0 Å². The van der Waals surface area contributed by atoms with Crippen LogP contribution in [0.15, 0.2) is 0 Å². The summed E-state index contributed by atoms with van der Waals surface area (Å²) >= 11 is -0.218. The number of hydrogen-bond acceptors (Lipinski definition) is 9. The average molecular weight is 1520 g/mol. The molecule has 0 aliphatic rings. The fourth-order valence-electron chi connectivity index (χ4n) is 13.8. The Hall–Kier alpha value is 0.259. The number of thioether (sulfide) groups is 3. The van der Waals surface area contributed by atoms with Crippen molar-refractivity contribution >= 4 is 72.8 Å². The molecule has 0 N–H and O–H groups in total. The standard InChI is InChI=1S/3C26H52O2S.C8H17.Sn/c3*1-22(2)16-10-7-13-19-26(25(27)28,20-14-8-11-17-23(3)4)29-21-15-9-12-18-24(5)6;1-3-5-7-8-6-4-2;/h3*22-24H,7-21H2,1-6H3,(H,27,28);1,3-8H2,2H3;/q;;;;+3/p-3. The first-order valence-corrected chi connectivity index (χ1v) is 50.8. The molecular weight excluding hydrogens is 1340 g/mol. The summed E-state index contributed by atoms with van der Waals surface area (Å²) in [6, 6.07) is 0. The molecule has 0 radical (unpaired) electrons. The number of carbonyl (C=O) groups is 3. The summed E-state index contributed by atoms with van der Waals surface area (Å²) in [6.07, 6.45) is 50.5. The number of unbranched alkanes of at least 4 members (excludes halogenated alkanes) is 23. The zero-order valence-corrected chi connectivity index (χ0v) is 73.4. The summed E-state index contributed by atoms with van der Waals surface area (Å²) in [7, 11) is 0. The van der Waals surface area contributed by atoms with Crippen LogP contribution in [0, 0.1) is 53.3 Å². The molecule has 0 aromatic rings. The first-order valence-electron chi connectivity index (χ1n) is 42.3. The molecule has 0 rings (SSSR count). The molecular formula is C86H170O6S3Sn. The Kier molecular flexibility index (Phi) is 60.7. The Morgan fingerprint density at radius 1 is 0.250 bits per heavy atom. The van der Waals surface area contributed by atoms with E-state index >= 15 is 14.4 Å². The van der Waals surface area contributed by atoms with Crippen LogP contribution < -0.4 is 0 Å².